The summed E-state index contributed by atoms with van der Waals surface area (Å²) in [6.45, 7) is 3.88. The highest BCUT2D eigenvalue weighted by Crippen LogP contribution is 2.23. The molecule has 0 aliphatic rings. The second-order valence-corrected chi connectivity index (χ2v) is 6.70. The molecule has 0 unspecified atom stereocenters. The van der Waals surface area contributed by atoms with Gasteiger partial charge in [0.2, 0.25) is 0 Å². The van der Waals surface area contributed by atoms with Gasteiger partial charge in [-0.15, -0.1) is 11.3 Å². The number of nitrogens with zero attached hydrogens (tertiary/aromatic N) is 2. The van der Waals surface area contributed by atoms with Crippen LogP contribution in [0.15, 0.2) is 34.1 Å². The maximum Gasteiger partial charge on any atom is 0.0701 e. The normalized spacial score (nSPS) is 11.1. The van der Waals surface area contributed by atoms with Crippen LogP contribution < -0.4 is 0 Å². The fourth-order valence-corrected chi connectivity index (χ4v) is 3.29. The molecule has 90 valence electrons. The molecule has 0 amide bonds. The lowest BCUT2D eigenvalue weighted by Crippen LogP contribution is -2.17. The summed E-state index contributed by atoms with van der Waals surface area (Å²) in [5.41, 5.74) is 2.21. The SMILES string of the molecule is Cc1cccc(CN(C)Cc2ccc(Br)s2)n1. The predicted octanol–water partition coefficient (Wildman–Crippen LogP) is 3.85. The third-order valence-corrected chi connectivity index (χ3v) is 4.04. The van der Waals surface area contributed by atoms with E-state index in [9.17, 15) is 0 Å². The average molecular weight is 311 g/mol. The Morgan fingerprint density at radius 2 is 2.06 bits per heavy atom. The number of pyridine rings is 1. The van der Waals surface area contributed by atoms with Crippen LogP contribution in [0.2, 0.25) is 0 Å². The maximum absolute atomic E-state index is 4.51. The number of aromatic nitrogens is 1. The summed E-state index contributed by atoms with van der Waals surface area (Å²) in [5, 5.41) is 0. The summed E-state index contributed by atoms with van der Waals surface area (Å²) in [4.78, 5) is 8.16. The summed E-state index contributed by atoms with van der Waals surface area (Å²) in [7, 11) is 2.12. The van der Waals surface area contributed by atoms with Gasteiger partial charge in [0.1, 0.15) is 0 Å². The first-order valence-corrected chi connectivity index (χ1v) is 7.10. The molecule has 2 aromatic rings. The molecular weight excluding hydrogens is 296 g/mol. The molecule has 0 radical (unpaired) electrons. The van der Waals surface area contributed by atoms with E-state index in [1.165, 1.54) is 8.66 Å². The number of rotatable bonds is 4. The molecule has 2 heterocycles. The molecule has 2 rings (SSSR count). The molecule has 0 spiro atoms. The Kier molecular flexibility index (Phi) is 4.31. The van der Waals surface area contributed by atoms with Gasteiger partial charge in [-0.2, -0.15) is 0 Å². The van der Waals surface area contributed by atoms with Gasteiger partial charge in [-0.1, -0.05) is 6.07 Å². The van der Waals surface area contributed by atoms with Crippen molar-refractivity contribution in [3.63, 3.8) is 0 Å². The largest absolute Gasteiger partial charge is 0.295 e. The minimum absolute atomic E-state index is 0.886. The van der Waals surface area contributed by atoms with Crippen molar-refractivity contribution in [3.05, 3.63) is 50.4 Å². The van der Waals surface area contributed by atoms with Crippen LogP contribution in [0.3, 0.4) is 0 Å². The summed E-state index contributed by atoms with van der Waals surface area (Å²) in [6, 6.07) is 10.4. The van der Waals surface area contributed by atoms with Crippen molar-refractivity contribution < 1.29 is 0 Å². The highest BCUT2D eigenvalue weighted by atomic mass is 79.9. The standard InChI is InChI=1S/C13H15BrN2S/c1-10-4-3-5-11(15-10)8-16(2)9-12-6-7-13(14)17-12/h3-7H,8-9H2,1-2H3. The van der Waals surface area contributed by atoms with Gasteiger partial charge in [0, 0.05) is 23.7 Å². The van der Waals surface area contributed by atoms with E-state index in [2.05, 4.69) is 57.1 Å². The van der Waals surface area contributed by atoms with Crippen molar-refractivity contribution in [1.82, 2.24) is 9.88 Å². The van der Waals surface area contributed by atoms with Crippen LogP contribution in [0, 0.1) is 6.92 Å². The Morgan fingerprint density at radius 1 is 1.24 bits per heavy atom. The Morgan fingerprint density at radius 3 is 2.71 bits per heavy atom. The quantitative estimate of drug-likeness (QED) is 0.853. The highest BCUT2D eigenvalue weighted by Gasteiger charge is 2.04. The second-order valence-electron chi connectivity index (χ2n) is 4.15. The van der Waals surface area contributed by atoms with Crippen molar-refractivity contribution in [1.29, 1.82) is 0 Å². The Balaban J connectivity index is 1.95. The third-order valence-electron chi connectivity index (χ3n) is 2.43. The molecule has 0 saturated carbocycles. The van der Waals surface area contributed by atoms with E-state index < -0.39 is 0 Å². The number of hydrogen-bond acceptors (Lipinski definition) is 3. The van der Waals surface area contributed by atoms with Crippen LogP contribution in [0.4, 0.5) is 0 Å². The summed E-state index contributed by atoms with van der Waals surface area (Å²) in [5.74, 6) is 0. The minimum atomic E-state index is 0.886. The molecule has 4 heteroatoms. The molecule has 0 aliphatic carbocycles. The molecule has 0 atom stereocenters. The molecule has 2 nitrogen and oxygen atoms in total. The molecule has 17 heavy (non-hydrogen) atoms. The lowest BCUT2D eigenvalue weighted by molar-refractivity contribution is 0.318. The van der Waals surface area contributed by atoms with Gasteiger partial charge in [0.15, 0.2) is 0 Å². The fraction of sp³-hybridized carbons (Fsp3) is 0.308. The Hall–Kier alpha value is -0.710. The molecular formula is C13H15BrN2S. The van der Waals surface area contributed by atoms with E-state index in [1.54, 1.807) is 11.3 Å². The van der Waals surface area contributed by atoms with Crippen molar-refractivity contribution in [2.45, 2.75) is 20.0 Å². The van der Waals surface area contributed by atoms with Gasteiger partial charge in [-0.05, 0) is 54.2 Å². The van der Waals surface area contributed by atoms with Crippen molar-refractivity contribution in [3.8, 4) is 0 Å². The fourth-order valence-electron chi connectivity index (χ4n) is 1.72. The number of thiophene rings is 1. The minimum Gasteiger partial charge on any atom is -0.295 e. The van der Waals surface area contributed by atoms with Crippen LogP contribution in [0.5, 0.6) is 0 Å². The van der Waals surface area contributed by atoms with Crippen molar-refractivity contribution in [2.75, 3.05) is 7.05 Å². The summed E-state index contributed by atoms with van der Waals surface area (Å²) in [6.07, 6.45) is 0. The number of halogens is 1. The van der Waals surface area contributed by atoms with Gasteiger partial charge in [0.25, 0.3) is 0 Å². The predicted molar refractivity (Wildman–Crippen MR) is 76.2 cm³/mol. The smallest absolute Gasteiger partial charge is 0.0701 e. The Labute approximate surface area is 114 Å². The first-order valence-electron chi connectivity index (χ1n) is 5.49. The van der Waals surface area contributed by atoms with Gasteiger partial charge >= 0.3 is 0 Å². The topological polar surface area (TPSA) is 16.1 Å². The first kappa shape index (κ1) is 12.7. The number of aryl methyl sites for hydroxylation is 1. The molecule has 0 aliphatic heterocycles. The van der Waals surface area contributed by atoms with E-state index in [-0.39, 0.29) is 0 Å². The van der Waals surface area contributed by atoms with Crippen molar-refractivity contribution >= 4 is 27.3 Å². The monoisotopic (exact) mass is 310 g/mol. The van der Waals surface area contributed by atoms with Gasteiger partial charge < -0.3 is 0 Å². The van der Waals surface area contributed by atoms with Gasteiger partial charge in [0.05, 0.1) is 9.48 Å². The summed E-state index contributed by atoms with van der Waals surface area (Å²) < 4.78 is 1.19. The van der Waals surface area contributed by atoms with Crippen LogP contribution in [-0.2, 0) is 13.1 Å². The second kappa shape index (κ2) is 5.76. The molecule has 0 aromatic carbocycles. The van der Waals surface area contributed by atoms with Crippen LogP contribution in [0.25, 0.3) is 0 Å². The molecule has 2 aromatic heterocycles. The zero-order valence-electron chi connectivity index (χ0n) is 9.98. The lowest BCUT2D eigenvalue weighted by atomic mass is 10.3. The summed E-state index contributed by atoms with van der Waals surface area (Å²) >= 11 is 5.27. The zero-order chi connectivity index (χ0) is 12.3. The third kappa shape index (κ3) is 3.91. The first-order chi connectivity index (χ1) is 8.13. The van der Waals surface area contributed by atoms with E-state index in [0.717, 1.165) is 24.5 Å². The molecule has 0 bridgehead atoms. The lowest BCUT2D eigenvalue weighted by Gasteiger charge is -2.15. The van der Waals surface area contributed by atoms with E-state index in [4.69, 9.17) is 0 Å². The maximum atomic E-state index is 4.51. The van der Waals surface area contributed by atoms with E-state index in [1.807, 2.05) is 13.0 Å². The van der Waals surface area contributed by atoms with Crippen molar-refractivity contribution in [2.24, 2.45) is 0 Å². The number of hydrogen-bond donors (Lipinski definition) is 0. The molecule has 0 fully saturated rings. The molecule has 0 N–H and O–H groups in total. The van der Waals surface area contributed by atoms with E-state index in [0.29, 0.717) is 0 Å². The van der Waals surface area contributed by atoms with E-state index >= 15 is 0 Å². The highest BCUT2D eigenvalue weighted by molar-refractivity contribution is 9.11. The van der Waals surface area contributed by atoms with Gasteiger partial charge in [-0.3, -0.25) is 9.88 Å². The van der Waals surface area contributed by atoms with Crippen LogP contribution >= 0.6 is 27.3 Å². The zero-order valence-corrected chi connectivity index (χ0v) is 12.4. The average Bonchev–Trinajstić information content (AvgIpc) is 2.63. The Bertz CT molecular complexity index is 496. The molecule has 0 saturated heterocycles. The van der Waals surface area contributed by atoms with Crippen LogP contribution in [-0.4, -0.2) is 16.9 Å². The van der Waals surface area contributed by atoms with Gasteiger partial charge in [-0.25, -0.2) is 0 Å². The van der Waals surface area contributed by atoms with Crippen LogP contribution in [0.1, 0.15) is 16.3 Å².